The van der Waals surface area contributed by atoms with Crippen LogP contribution in [0.4, 0.5) is 5.69 Å². The Bertz CT molecular complexity index is 462. The van der Waals surface area contributed by atoms with Crippen LogP contribution in [-0.4, -0.2) is 33.6 Å². The lowest BCUT2D eigenvalue weighted by atomic mass is 10.1. The third-order valence-corrected chi connectivity index (χ3v) is 2.47. The third kappa shape index (κ3) is 3.49. The molecular weight excluding hydrogens is 238 g/mol. The molecule has 7 nitrogen and oxygen atoms in total. The molecule has 1 aromatic rings. The molecule has 0 saturated carbocycles. The smallest absolute Gasteiger partial charge is 0.288 e. The van der Waals surface area contributed by atoms with E-state index in [-0.39, 0.29) is 23.9 Å². The van der Waals surface area contributed by atoms with Crippen LogP contribution in [0.2, 0.25) is 0 Å². The maximum absolute atomic E-state index is 11.9. The Balaban J connectivity index is 2.91. The Morgan fingerprint density at radius 2 is 2.33 bits per heavy atom. The highest BCUT2D eigenvalue weighted by molar-refractivity contribution is 5.95. The topological polar surface area (TPSA) is 105 Å². The van der Waals surface area contributed by atoms with E-state index in [0.717, 1.165) is 6.20 Å². The summed E-state index contributed by atoms with van der Waals surface area (Å²) in [5.41, 5.74) is 0.379. The standard InChI is InChI=1S/C11H15N3O4/c1-7(3-4-15)13-11(16)10-5-9(14(17)18)6-12-8(10)2/h5-7,15H,3-4H2,1-2H3,(H,13,16). The first-order valence-electron chi connectivity index (χ1n) is 5.48. The second-order valence-electron chi connectivity index (χ2n) is 3.97. The van der Waals surface area contributed by atoms with Gasteiger partial charge in [-0.1, -0.05) is 0 Å². The van der Waals surface area contributed by atoms with Gasteiger partial charge in [0, 0.05) is 18.7 Å². The number of aliphatic hydroxyl groups is 1. The second kappa shape index (κ2) is 6.06. The Kier molecular flexibility index (Phi) is 4.73. The summed E-state index contributed by atoms with van der Waals surface area (Å²) in [6.45, 7) is 3.32. The van der Waals surface area contributed by atoms with Crippen molar-refractivity contribution in [2.45, 2.75) is 26.3 Å². The number of nitro groups is 1. The fourth-order valence-corrected chi connectivity index (χ4v) is 1.42. The van der Waals surface area contributed by atoms with Crippen LogP contribution in [0.5, 0.6) is 0 Å². The van der Waals surface area contributed by atoms with E-state index in [1.807, 2.05) is 0 Å². The second-order valence-corrected chi connectivity index (χ2v) is 3.97. The van der Waals surface area contributed by atoms with Gasteiger partial charge in [-0.3, -0.25) is 19.9 Å². The zero-order chi connectivity index (χ0) is 13.7. The predicted octanol–water partition coefficient (Wildman–Crippen LogP) is 0.799. The van der Waals surface area contributed by atoms with Gasteiger partial charge in [0.15, 0.2) is 0 Å². The van der Waals surface area contributed by atoms with Crippen molar-refractivity contribution in [1.29, 1.82) is 0 Å². The summed E-state index contributed by atoms with van der Waals surface area (Å²) in [4.78, 5) is 25.7. The molecule has 18 heavy (non-hydrogen) atoms. The fraction of sp³-hybridized carbons (Fsp3) is 0.455. The highest BCUT2D eigenvalue weighted by Gasteiger charge is 2.17. The monoisotopic (exact) mass is 253 g/mol. The van der Waals surface area contributed by atoms with Crippen LogP contribution < -0.4 is 5.32 Å². The van der Waals surface area contributed by atoms with Crippen LogP contribution in [0.3, 0.4) is 0 Å². The Morgan fingerprint density at radius 3 is 2.89 bits per heavy atom. The molecular formula is C11H15N3O4. The number of amides is 1. The van der Waals surface area contributed by atoms with E-state index in [4.69, 9.17) is 5.11 Å². The third-order valence-electron chi connectivity index (χ3n) is 2.47. The van der Waals surface area contributed by atoms with Gasteiger partial charge in [-0.15, -0.1) is 0 Å². The Morgan fingerprint density at radius 1 is 1.67 bits per heavy atom. The lowest BCUT2D eigenvalue weighted by Crippen LogP contribution is -2.33. The quantitative estimate of drug-likeness (QED) is 0.596. The lowest BCUT2D eigenvalue weighted by molar-refractivity contribution is -0.385. The highest BCUT2D eigenvalue weighted by atomic mass is 16.6. The molecule has 0 bridgehead atoms. The predicted molar refractivity (Wildman–Crippen MR) is 64.3 cm³/mol. The van der Waals surface area contributed by atoms with Gasteiger partial charge in [-0.2, -0.15) is 0 Å². The number of pyridine rings is 1. The number of aliphatic hydroxyl groups excluding tert-OH is 1. The van der Waals surface area contributed by atoms with Gasteiger partial charge in [0.2, 0.25) is 0 Å². The molecule has 0 fully saturated rings. The van der Waals surface area contributed by atoms with Crippen LogP contribution in [0.25, 0.3) is 0 Å². The molecule has 2 N–H and O–H groups in total. The van der Waals surface area contributed by atoms with Gasteiger partial charge in [-0.25, -0.2) is 0 Å². The van der Waals surface area contributed by atoms with Crippen molar-refractivity contribution in [1.82, 2.24) is 10.3 Å². The molecule has 0 spiro atoms. The number of carbonyl (C=O) groups is 1. The van der Waals surface area contributed by atoms with Crippen molar-refractivity contribution in [3.05, 3.63) is 33.6 Å². The largest absolute Gasteiger partial charge is 0.396 e. The van der Waals surface area contributed by atoms with Crippen molar-refractivity contribution in [2.24, 2.45) is 0 Å². The van der Waals surface area contributed by atoms with E-state index in [9.17, 15) is 14.9 Å². The molecule has 7 heteroatoms. The van der Waals surface area contributed by atoms with Gasteiger partial charge in [0.25, 0.3) is 11.6 Å². The van der Waals surface area contributed by atoms with Crippen molar-refractivity contribution in [2.75, 3.05) is 6.61 Å². The molecule has 1 unspecified atom stereocenters. The summed E-state index contributed by atoms with van der Waals surface area (Å²) in [5.74, 6) is -0.426. The maximum atomic E-state index is 11.9. The van der Waals surface area contributed by atoms with Crippen LogP contribution in [-0.2, 0) is 0 Å². The van der Waals surface area contributed by atoms with Crippen LogP contribution >= 0.6 is 0 Å². The number of aromatic nitrogens is 1. The summed E-state index contributed by atoms with van der Waals surface area (Å²) < 4.78 is 0. The molecule has 1 atom stereocenters. The van der Waals surface area contributed by atoms with Gasteiger partial charge in [-0.05, 0) is 20.3 Å². The molecule has 0 aromatic carbocycles. The molecule has 98 valence electrons. The fourth-order valence-electron chi connectivity index (χ4n) is 1.42. The molecule has 1 heterocycles. The molecule has 1 amide bonds. The number of hydrogen-bond donors (Lipinski definition) is 2. The Hall–Kier alpha value is -2.02. The first kappa shape index (κ1) is 14.0. The molecule has 1 aromatic heterocycles. The minimum absolute atomic E-state index is 0.0341. The van der Waals surface area contributed by atoms with Gasteiger partial charge >= 0.3 is 0 Å². The highest BCUT2D eigenvalue weighted by Crippen LogP contribution is 2.14. The average Bonchev–Trinajstić information content (AvgIpc) is 2.29. The summed E-state index contributed by atoms with van der Waals surface area (Å²) in [6, 6.07) is 0.990. The number of hydrogen-bond acceptors (Lipinski definition) is 5. The minimum Gasteiger partial charge on any atom is -0.396 e. The van der Waals surface area contributed by atoms with E-state index < -0.39 is 10.8 Å². The molecule has 0 aliphatic rings. The molecule has 0 aliphatic carbocycles. The van der Waals surface area contributed by atoms with E-state index >= 15 is 0 Å². The van der Waals surface area contributed by atoms with E-state index in [1.165, 1.54) is 6.07 Å². The van der Waals surface area contributed by atoms with E-state index in [1.54, 1.807) is 13.8 Å². The van der Waals surface area contributed by atoms with Crippen molar-refractivity contribution >= 4 is 11.6 Å². The molecule has 0 saturated heterocycles. The van der Waals surface area contributed by atoms with Crippen LogP contribution in [0, 0.1) is 17.0 Å². The summed E-state index contributed by atoms with van der Waals surface area (Å²) in [6.07, 6.45) is 1.54. The first-order valence-corrected chi connectivity index (χ1v) is 5.48. The van der Waals surface area contributed by atoms with Crippen LogP contribution in [0.15, 0.2) is 12.3 Å². The van der Waals surface area contributed by atoms with Gasteiger partial charge in [0.05, 0.1) is 16.2 Å². The number of rotatable bonds is 5. The summed E-state index contributed by atoms with van der Waals surface area (Å²) in [5, 5.41) is 22.0. The number of aryl methyl sites for hydroxylation is 1. The zero-order valence-corrected chi connectivity index (χ0v) is 10.2. The van der Waals surface area contributed by atoms with Crippen molar-refractivity contribution in [3.63, 3.8) is 0 Å². The maximum Gasteiger partial charge on any atom is 0.288 e. The first-order chi connectivity index (χ1) is 8.45. The number of nitrogens with zero attached hydrogens (tertiary/aromatic N) is 2. The lowest BCUT2D eigenvalue weighted by Gasteiger charge is -2.13. The van der Waals surface area contributed by atoms with E-state index in [2.05, 4.69) is 10.3 Å². The van der Waals surface area contributed by atoms with Gasteiger partial charge < -0.3 is 10.4 Å². The van der Waals surface area contributed by atoms with Crippen molar-refractivity contribution in [3.8, 4) is 0 Å². The molecule has 1 rings (SSSR count). The minimum atomic E-state index is -0.597. The normalized spacial score (nSPS) is 11.9. The molecule has 0 aliphatic heterocycles. The average molecular weight is 253 g/mol. The zero-order valence-electron chi connectivity index (χ0n) is 10.2. The number of nitrogens with one attached hydrogen (secondary N) is 1. The molecule has 0 radical (unpaired) electrons. The van der Waals surface area contributed by atoms with Crippen LogP contribution in [0.1, 0.15) is 29.4 Å². The summed E-state index contributed by atoms with van der Waals surface area (Å²) in [7, 11) is 0. The number of carbonyl (C=O) groups excluding carboxylic acids is 1. The summed E-state index contributed by atoms with van der Waals surface area (Å²) >= 11 is 0. The SMILES string of the molecule is Cc1ncc([N+](=O)[O-])cc1C(=O)NC(C)CCO. The van der Waals surface area contributed by atoms with Gasteiger partial charge in [0.1, 0.15) is 6.20 Å². The Labute approximate surface area is 104 Å². The van der Waals surface area contributed by atoms with E-state index in [0.29, 0.717) is 12.1 Å². The van der Waals surface area contributed by atoms with Crippen molar-refractivity contribution < 1.29 is 14.8 Å².